The van der Waals surface area contributed by atoms with Crippen LogP contribution in [0.2, 0.25) is 0 Å². The van der Waals surface area contributed by atoms with Crippen molar-refractivity contribution in [3.8, 4) is 11.5 Å². The summed E-state index contributed by atoms with van der Waals surface area (Å²) in [7, 11) is -0.734. The molecule has 0 aliphatic heterocycles. The zero-order valence-electron chi connectivity index (χ0n) is 18.2. The Morgan fingerprint density at radius 1 is 1.16 bits per heavy atom. The molecule has 1 atom stereocenters. The van der Waals surface area contributed by atoms with Gasteiger partial charge in [0.1, 0.15) is 5.82 Å². The Morgan fingerprint density at radius 2 is 1.84 bits per heavy atom. The third-order valence-corrected chi connectivity index (χ3v) is 6.63. The number of sulfonamides is 1. The molecular weight excluding hydrogens is 423 g/mol. The molecule has 0 saturated heterocycles. The van der Waals surface area contributed by atoms with Crippen molar-refractivity contribution in [1.82, 2.24) is 9.62 Å². The second-order valence-corrected chi connectivity index (χ2v) is 9.06. The molecule has 2 aromatic rings. The second kappa shape index (κ2) is 11.1. The quantitative estimate of drug-likeness (QED) is 0.564. The molecule has 0 fully saturated rings. The molecule has 0 spiro atoms. The number of rotatable bonds is 11. The highest BCUT2D eigenvalue weighted by Crippen LogP contribution is 2.30. The van der Waals surface area contributed by atoms with Gasteiger partial charge in [0.25, 0.3) is 0 Å². The van der Waals surface area contributed by atoms with E-state index in [-0.39, 0.29) is 29.8 Å². The van der Waals surface area contributed by atoms with Crippen LogP contribution >= 0.6 is 0 Å². The van der Waals surface area contributed by atoms with Crippen LogP contribution in [-0.4, -0.2) is 45.9 Å². The molecule has 1 unspecified atom stereocenters. The zero-order chi connectivity index (χ0) is 23.0. The van der Waals surface area contributed by atoms with Crippen LogP contribution in [0.5, 0.6) is 11.5 Å². The Labute approximate surface area is 183 Å². The third-order valence-electron chi connectivity index (χ3n) is 4.76. The van der Waals surface area contributed by atoms with E-state index in [1.165, 1.54) is 19.2 Å². The molecule has 0 radical (unpaired) electrons. The van der Waals surface area contributed by atoms with E-state index in [1.54, 1.807) is 13.2 Å². The van der Waals surface area contributed by atoms with E-state index < -0.39 is 15.8 Å². The first-order valence-electron chi connectivity index (χ1n) is 10.0. The van der Waals surface area contributed by atoms with Gasteiger partial charge in [0.05, 0.1) is 24.7 Å². The summed E-state index contributed by atoms with van der Waals surface area (Å²) in [5.74, 6) is 0.538. The maximum absolute atomic E-state index is 13.0. The summed E-state index contributed by atoms with van der Waals surface area (Å²) in [6.45, 7) is 4.43. The lowest BCUT2D eigenvalue weighted by Crippen LogP contribution is -2.30. The number of amides is 1. The number of carbonyl (C=O) groups excluding carboxylic acids is 1. The van der Waals surface area contributed by atoms with Gasteiger partial charge in [0, 0.05) is 20.0 Å². The minimum Gasteiger partial charge on any atom is -0.493 e. The molecule has 0 aromatic heterocycles. The van der Waals surface area contributed by atoms with Gasteiger partial charge in [0.2, 0.25) is 15.9 Å². The van der Waals surface area contributed by atoms with Gasteiger partial charge < -0.3 is 14.8 Å². The van der Waals surface area contributed by atoms with E-state index in [9.17, 15) is 17.6 Å². The van der Waals surface area contributed by atoms with Crippen molar-refractivity contribution in [2.75, 3.05) is 27.3 Å². The molecule has 7 nitrogen and oxygen atoms in total. The Morgan fingerprint density at radius 3 is 2.45 bits per heavy atom. The van der Waals surface area contributed by atoms with Crippen LogP contribution in [0.15, 0.2) is 47.4 Å². The van der Waals surface area contributed by atoms with Crippen LogP contribution in [0.4, 0.5) is 4.39 Å². The van der Waals surface area contributed by atoms with E-state index in [0.717, 1.165) is 22.0 Å². The number of carbonyl (C=O) groups is 1. The number of methoxy groups -OCH3 is 1. The summed E-state index contributed by atoms with van der Waals surface area (Å²) >= 11 is 0. The van der Waals surface area contributed by atoms with Crippen LogP contribution in [-0.2, 0) is 14.8 Å². The third kappa shape index (κ3) is 6.67. The largest absolute Gasteiger partial charge is 0.493 e. The fourth-order valence-electron chi connectivity index (χ4n) is 2.99. The van der Waals surface area contributed by atoms with Crippen molar-refractivity contribution in [2.45, 2.75) is 37.6 Å². The number of hydrogen-bond acceptors (Lipinski definition) is 5. The predicted molar refractivity (Wildman–Crippen MR) is 116 cm³/mol. The summed E-state index contributed by atoms with van der Waals surface area (Å²) in [6.07, 6.45) is 0.518. The van der Waals surface area contributed by atoms with Crippen LogP contribution in [0.25, 0.3) is 0 Å². The average molecular weight is 453 g/mol. The number of ether oxygens (including phenoxy) is 2. The normalized spacial score (nSPS) is 12.5. The Balaban J connectivity index is 1.88. The first-order valence-corrected chi connectivity index (χ1v) is 11.4. The minimum absolute atomic E-state index is 0.0129. The Kier molecular flexibility index (Phi) is 8.82. The van der Waals surface area contributed by atoms with E-state index >= 15 is 0 Å². The lowest BCUT2D eigenvalue weighted by Gasteiger charge is -2.19. The molecule has 0 aliphatic rings. The topological polar surface area (TPSA) is 84.9 Å². The standard InChI is InChI=1S/C22H29FN2O5S/c1-5-30-20-13-8-17(15-21(20)29-4)16(2)24-22(26)7-6-14-25(3)31(27,28)19-11-9-18(23)10-12-19/h8-13,15-16H,5-7,14H2,1-4H3,(H,24,26). The zero-order valence-corrected chi connectivity index (χ0v) is 19.0. The summed E-state index contributed by atoms with van der Waals surface area (Å²) in [5.41, 5.74) is 0.865. The summed E-state index contributed by atoms with van der Waals surface area (Å²) < 4.78 is 50.0. The van der Waals surface area contributed by atoms with E-state index in [4.69, 9.17) is 9.47 Å². The minimum atomic E-state index is -3.73. The summed E-state index contributed by atoms with van der Waals surface area (Å²) in [5, 5.41) is 2.90. The van der Waals surface area contributed by atoms with Crippen molar-refractivity contribution in [3.05, 3.63) is 53.8 Å². The van der Waals surface area contributed by atoms with Crippen LogP contribution in [0, 0.1) is 5.82 Å². The fourth-order valence-corrected chi connectivity index (χ4v) is 4.20. The fraction of sp³-hybridized carbons (Fsp3) is 0.409. The van der Waals surface area contributed by atoms with E-state index in [0.29, 0.717) is 24.5 Å². The molecule has 2 rings (SSSR count). The first-order chi connectivity index (χ1) is 14.7. The SMILES string of the molecule is CCOc1ccc(C(C)NC(=O)CCCN(C)S(=O)(=O)c2ccc(F)cc2)cc1OC. The van der Waals surface area contributed by atoms with E-state index in [1.807, 2.05) is 26.0 Å². The van der Waals surface area contributed by atoms with Gasteiger partial charge in [-0.1, -0.05) is 6.07 Å². The summed E-state index contributed by atoms with van der Waals surface area (Å²) in [4.78, 5) is 12.3. The number of nitrogens with one attached hydrogen (secondary N) is 1. The average Bonchev–Trinajstić information content (AvgIpc) is 2.74. The Hall–Kier alpha value is -2.65. The molecule has 31 heavy (non-hydrogen) atoms. The second-order valence-electron chi connectivity index (χ2n) is 7.02. The van der Waals surface area contributed by atoms with Gasteiger partial charge in [-0.15, -0.1) is 0 Å². The highest BCUT2D eigenvalue weighted by molar-refractivity contribution is 7.89. The summed E-state index contributed by atoms with van der Waals surface area (Å²) in [6, 6.07) is 9.88. The molecular formula is C22H29FN2O5S. The lowest BCUT2D eigenvalue weighted by molar-refractivity contribution is -0.121. The van der Waals surface area contributed by atoms with Gasteiger partial charge in [-0.2, -0.15) is 0 Å². The molecule has 0 heterocycles. The van der Waals surface area contributed by atoms with E-state index in [2.05, 4.69) is 5.32 Å². The monoisotopic (exact) mass is 452 g/mol. The van der Waals surface area contributed by atoms with Crippen LogP contribution in [0.3, 0.4) is 0 Å². The van der Waals surface area contributed by atoms with Crippen LogP contribution < -0.4 is 14.8 Å². The van der Waals surface area contributed by atoms with Crippen molar-refractivity contribution < 1.29 is 27.1 Å². The van der Waals surface area contributed by atoms with Crippen molar-refractivity contribution in [1.29, 1.82) is 0 Å². The molecule has 0 saturated carbocycles. The number of benzene rings is 2. The highest BCUT2D eigenvalue weighted by atomic mass is 32.2. The molecule has 1 amide bonds. The lowest BCUT2D eigenvalue weighted by atomic mass is 10.1. The molecule has 170 valence electrons. The number of nitrogens with zero attached hydrogens (tertiary/aromatic N) is 1. The van der Waals surface area contributed by atoms with Gasteiger partial charge >= 0.3 is 0 Å². The Bertz CT molecular complexity index is 980. The van der Waals surface area contributed by atoms with Gasteiger partial charge in [0.15, 0.2) is 11.5 Å². The maximum Gasteiger partial charge on any atom is 0.242 e. The highest BCUT2D eigenvalue weighted by Gasteiger charge is 2.21. The first kappa shape index (κ1) is 24.6. The van der Waals surface area contributed by atoms with Crippen molar-refractivity contribution >= 4 is 15.9 Å². The molecule has 2 aromatic carbocycles. The smallest absolute Gasteiger partial charge is 0.242 e. The molecule has 0 aliphatic carbocycles. The van der Waals surface area contributed by atoms with Gasteiger partial charge in [-0.25, -0.2) is 17.1 Å². The van der Waals surface area contributed by atoms with Crippen LogP contribution in [0.1, 0.15) is 38.3 Å². The molecule has 1 N–H and O–H groups in total. The van der Waals surface area contributed by atoms with Gasteiger partial charge in [-0.05, 0) is 62.2 Å². The number of halogens is 1. The van der Waals surface area contributed by atoms with Crippen molar-refractivity contribution in [2.24, 2.45) is 0 Å². The molecule has 0 bridgehead atoms. The molecule has 9 heteroatoms. The van der Waals surface area contributed by atoms with Crippen molar-refractivity contribution in [3.63, 3.8) is 0 Å². The predicted octanol–water partition coefficient (Wildman–Crippen LogP) is 3.51. The van der Waals surface area contributed by atoms with Gasteiger partial charge in [-0.3, -0.25) is 4.79 Å². The maximum atomic E-state index is 13.0. The number of hydrogen-bond donors (Lipinski definition) is 1.